The van der Waals surface area contributed by atoms with Gasteiger partial charge in [0, 0.05) is 16.9 Å². The summed E-state index contributed by atoms with van der Waals surface area (Å²) in [5, 5.41) is 3.82. The van der Waals surface area contributed by atoms with E-state index in [-0.39, 0.29) is 5.82 Å². The molecule has 0 fully saturated rings. The molecule has 0 saturated carbocycles. The summed E-state index contributed by atoms with van der Waals surface area (Å²) in [5.41, 5.74) is 3.10. The van der Waals surface area contributed by atoms with Crippen LogP contribution in [0.25, 0.3) is 11.3 Å². The van der Waals surface area contributed by atoms with E-state index in [2.05, 4.69) is 31.4 Å². The zero-order chi connectivity index (χ0) is 16.9. The molecule has 7 heteroatoms. The van der Waals surface area contributed by atoms with Crippen molar-refractivity contribution in [3.63, 3.8) is 0 Å². The number of benzene rings is 1. The van der Waals surface area contributed by atoms with Gasteiger partial charge in [-0.2, -0.15) is 5.10 Å². The minimum Gasteiger partial charge on any atom is -0.455 e. The fourth-order valence-corrected chi connectivity index (χ4v) is 2.35. The number of aromatic nitrogens is 1. The Kier molecular flexibility index (Phi) is 4.81. The third-order valence-electron chi connectivity index (χ3n) is 3.09. The van der Waals surface area contributed by atoms with E-state index in [1.807, 2.05) is 0 Å². The van der Waals surface area contributed by atoms with Crippen LogP contribution >= 0.6 is 15.9 Å². The Balaban J connectivity index is 1.68. The number of amides is 1. The summed E-state index contributed by atoms with van der Waals surface area (Å²) in [6, 6.07) is 11.2. The van der Waals surface area contributed by atoms with Crippen molar-refractivity contribution in [2.45, 2.75) is 0 Å². The van der Waals surface area contributed by atoms with Crippen molar-refractivity contribution in [1.29, 1.82) is 0 Å². The van der Waals surface area contributed by atoms with E-state index in [9.17, 15) is 9.18 Å². The molecule has 24 heavy (non-hydrogen) atoms. The lowest BCUT2D eigenvalue weighted by Gasteiger charge is -1.99. The van der Waals surface area contributed by atoms with Crippen molar-refractivity contribution >= 4 is 28.1 Å². The number of nitrogens with one attached hydrogen (secondary N) is 1. The van der Waals surface area contributed by atoms with Gasteiger partial charge in [0.15, 0.2) is 0 Å². The Labute approximate surface area is 145 Å². The van der Waals surface area contributed by atoms with Crippen LogP contribution in [0, 0.1) is 5.82 Å². The largest absolute Gasteiger partial charge is 0.455 e. The first kappa shape index (κ1) is 16.1. The lowest BCUT2D eigenvalue weighted by molar-refractivity contribution is 0.0954. The first-order valence-electron chi connectivity index (χ1n) is 6.92. The Morgan fingerprint density at radius 1 is 1.25 bits per heavy atom. The van der Waals surface area contributed by atoms with Crippen molar-refractivity contribution in [2.24, 2.45) is 5.10 Å². The summed E-state index contributed by atoms with van der Waals surface area (Å²) >= 11 is 3.24. The van der Waals surface area contributed by atoms with Gasteiger partial charge in [-0.05, 0) is 46.3 Å². The molecule has 0 aliphatic rings. The Morgan fingerprint density at radius 3 is 2.88 bits per heavy atom. The van der Waals surface area contributed by atoms with Gasteiger partial charge >= 0.3 is 0 Å². The molecule has 3 rings (SSSR count). The zero-order valence-corrected chi connectivity index (χ0v) is 13.8. The van der Waals surface area contributed by atoms with Crippen molar-refractivity contribution in [2.75, 3.05) is 0 Å². The van der Waals surface area contributed by atoms with Crippen LogP contribution in [0.2, 0.25) is 0 Å². The molecule has 0 atom stereocenters. The molecule has 0 spiro atoms. The summed E-state index contributed by atoms with van der Waals surface area (Å²) < 4.78 is 19.9. The number of rotatable bonds is 4. The Bertz CT molecular complexity index is 908. The van der Waals surface area contributed by atoms with E-state index in [0.29, 0.717) is 27.1 Å². The maximum absolute atomic E-state index is 13.7. The average molecular weight is 388 g/mol. The second-order valence-electron chi connectivity index (χ2n) is 4.77. The number of hydrogen-bond donors (Lipinski definition) is 1. The topological polar surface area (TPSA) is 67.5 Å². The second kappa shape index (κ2) is 7.18. The van der Waals surface area contributed by atoms with Crippen LogP contribution in [-0.2, 0) is 0 Å². The quantitative estimate of drug-likeness (QED) is 0.543. The van der Waals surface area contributed by atoms with Crippen molar-refractivity contribution < 1.29 is 13.6 Å². The van der Waals surface area contributed by atoms with E-state index in [1.165, 1.54) is 18.5 Å². The maximum Gasteiger partial charge on any atom is 0.272 e. The summed E-state index contributed by atoms with van der Waals surface area (Å²) in [6.07, 6.45) is 4.35. The second-order valence-corrected chi connectivity index (χ2v) is 5.69. The van der Waals surface area contributed by atoms with Crippen LogP contribution in [0.4, 0.5) is 4.39 Å². The van der Waals surface area contributed by atoms with Gasteiger partial charge in [0.2, 0.25) is 0 Å². The van der Waals surface area contributed by atoms with Gasteiger partial charge in [0.1, 0.15) is 17.3 Å². The van der Waals surface area contributed by atoms with Crippen molar-refractivity contribution in [3.8, 4) is 11.3 Å². The summed E-state index contributed by atoms with van der Waals surface area (Å²) in [6.45, 7) is 0. The number of carbonyl (C=O) groups is 1. The van der Waals surface area contributed by atoms with E-state index in [1.54, 1.807) is 42.6 Å². The van der Waals surface area contributed by atoms with Crippen LogP contribution < -0.4 is 5.43 Å². The molecule has 0 saturated heterocycles. The molecule has 0 aliphatic heterocycles. The molecule has 1 N–H and O–H groups in total. The Morgan fingerprint density at radius 2 is 2.08 bits per heavy atom. The Hall–Kier alpha value is -2.80. The van der Waals surface area contributed by atoms with E-state index < -0.39 is 5.91 Å². The number of carbonyl (C=O) groups excluding carboxylic acids is 1. The summed E-state index contributed by atoms with van der Waals surface area (Å²) in [4.78, 5) is 15.8. The molecule has 0 unspecified atom stereocenters. The van der Waals surface area contributed by atoms with Gasteiger partial charge in [-0.1, -0.05) is 12.1 Å². The fraction of sp³-hybridized carbons (Fsp3) is 0. The standard InChI is InChI=1S/C17H11BrFN3O2/c18-12-7-11(8-20-9-12)17(23)22-21-10-13-5-6-16(24-13)14-3-1-2-4-15(14)19/h1-10H,(H,22,23)/b21-10-. The van der Waals surface area contributed by atoms with Crippen LogP contribution in [0.5, 0.6) is 0 Å². The third-order valence-corrected chi connectivity index (χ3v) is 3.52. The molecule has 1 amide bonds. The number of nitrogens with zero attached hydrogens (tertiary/aromatic N) is 2. The molecule has 1 aromatic carbocycles. The highest BCUT2D eigenvalue weighted by Gasteiger charge is 2.08. The van der Waals surface area contributed by atoms with E-state index >= 15 is 0 Å². The molecule has 0 bridgehead atoms. The monoisotopic (exact) mass is 387 g/mol. The van der Waals surface area contributed by atoms with Crippen LogP contribution in [0.15, 0.2) is 68.8 Å². The summed E-state index contributed by atoms with van der Waals surface area (Å²) in [5.74, 6) is 0.00437. The highest BCUT2D eigenvalue weighted by molar-refractivity contribution is 9.10. The number of furan rings is 1. The normalized spacial score (nSPS) is 10.9. The fourth-order valence-electron chi connectivity index (χ4n) is 1.98. The van der Waals surface area contributed by atoms with Crippen LogP contribution in [0.3, 0.4) is 0 Å². The third kappa shape index (κ3) is 3.75. The molecule has 2 heterocycles. The maximum atomic E-state index is 13.7. The number of pyridine rings is 1. The predicted molar refractivity (Wildman–Crippen MR) is 91.1 cm³/mol. The zero-order valence-electron chi connectivity index (χ0n) is 12.2. The SMILES string of the molecule is O=C(N/N=C\c1ccc(-c2ccccc2F)o1)c1cncc(Br)c1. The highest BCUT2D eigenvalue weighted by atomic mass is 79.9. The highest BCUT2D eigenvalue weighted by Crippen LogP contribution is 2.24. The molecule has 120 valence electrons. The molecule has 3 aromatic rings. The molecule has 2 aromatic heterocycles. The summed E-state index contributed by atoms with van der Waals surface area (Å²) in [7, 11) is 0. The number of hydrazone groups is 1. The predicted octanol–water partition coefficient (Wildman–Crippen LogP) is 4.01. The molecule has 0 aliphatic carbocycles. The van der Waals surface area contributed by atoms with Crippen LogP contribution in [0.1, 0.15) is 16.1 Å². The van der Waals surface area contributed by atoms with Gasteiger partial charge in [-0.25, -0.2) is 9.82 Å². The lowest BCUT2D eigenvalue weighted by atomic mass is 10.1. The smallest absolute Gasteiger partial charge is 0.272 e. The number of halogens is 2. The average Bonchev–Trinajstić information content (AvgIpc) is 3.04. The van der Waals surface area contributed by atoms with E-state index in [4.69, 9.17) is 4.42 Å². The van der Waals surface area contributed by atoms with Gasteiger partial charge in [-0.3, -0.25) is 9.78 Å². The molecule has 0 radical (unpaired) electrons. The molecular formula is C17H11BrFN3O2. The van der Waals surface area contributed by atoms with Crippen LogP contribution in [-0.4, -0.2) is 17.1 Å². The van der Waals surface area contributed by atoms with Crippen molar-refractivity contribution in [3.05, 3.63) is 76.5 Å². The van der Waals surface area contributed by atoms with Gasteiger partial charge in [0.25, 0.3) is 5.91 Å². The minimum absolute atomic E-state index is 0.362. The number of hydrogen-bond acceptors (Lipinski definition) is 4. The first-order valence-corrected chi connectivity index (χ1v) is 7.71. The van der Waals surface area contributed by atoms with E-state index in [0.717, 1.165) is 0 Å². The van der Waals surface area contributed by atoms with Gasteiger partial charge < -0.3 is 4.42 Å². The molecule has 5 nitrogen and oxygen atoms in total. The first-order chi connectivity index (χ1) is 11.6. The van der Waals surface area contributed by atoms with Gasteiger partial charge in [0.05, 0.1) is 17.3 Å². The van der Waals surface area contributed by atoms with Crippen molar-refractivity contribution in [1.82, 2.24) is 10.4 Å². The van der Waals surface area contributed by atoms with Gasteiger partial charge in [-0.15, -0.1) is 0 Å². The minimum atomic E-state index is -0.402. The lowest BCUT2D eigenvalue weighted by Crippen LogP contribution is -2.17. The molecular weight excluding hydrogens is 377 g/mol.